The molecule has 7 heteroatoms. The van der Waals surface area contributed by atoms with E-state index in [2.05, 4.69) is 38.2 Å². The molecule has 1 aliphatic carbocycles. The van der Waals surface area contributed by atoms with Crippen LogP contribution in [0.3, 0.4) is 0 Å². The Hall–Kier alpha value is -3.45. The third-order valence-corrected chi connectivity index (χ3v) is 6.00. The summed E-state index contributed by atoms with van der Waals surface area (Å²) in [6.45, 7) is 0. The fourth-order valence-electron chi connectivity index (χ4n) is 3.47. The molecular formula is C21H15N3O3S. The van der Waals surface area contributed by atoms with Gasteiger partial charge in [0, 0.05) is 16.1 Å². The molecule has 0 saturated heterocycles. The first-order valence-corrected chi connectivity index (χ1v) is 9.68. The van der Waals surface area contributed by atoms with Crippen molar-refractivity contribution in [1.82, 2.24) is 10.1 Å². The highest BCUT2D eigenvalue weighted by molar-refractivity contribution is 7.17. The number of anilines is 1. The predicted octanol–water partition coefficient (Wildman–Crippen LogP) is 4.11. The molecule has 0 saturated carbocycles. The standard InChI is InChI=1S/C21H15N3O3S/c25-20(22-15-6-3-5-14(10-15)19-23-21(26)27-24-19)17-11-13-9-8-12-4-1-2-7-16(12)18(13)28-17/h1-7,10-11H,8-9H2,(H,22,25)(H,23,24,26). The van der Waals surface area contributed by atoms with Crippen molar-refractivity contribution in [1.29, 1.82) is 0 Å². The number of rotatable bonds is 3. The van der Waals surface area contributed by atoms with Gasteiger partial charge >= 0.3 is 5.76 Å². The summed E-state index contributed by atoms with van der Waals surface area (Å²) >= 11 is 1.52. The van der Waals surface area contributed by atoms with Crippen molar-refractivity contribution in [3.05, 3.63) is 81.2 Å². The van der Waals surface area contributed by atoms with E-state index in [0.717, 1.165) is 12.8 Å². The number of hydrogen-bond donors (Lipinski definition) is 2. The van der Waals surface area contributed by atoms with Gasteiger partial charge in [0.05, 0.1) is 4.88 Å². The van der Waals surface area contributed by atoms with E-state index in [1.165, 1.54) is 32.9 Å². The number of fused-ring (bicyclic) bond motifs is 3. The minimum atomic E-state index is -0.617. The van der Waals surface area contributed by atoms with Crippen LogP contribution in [0, 0.1) is 0 Å². The lowest BCUT2D eigenvalue weighted by Crippen LogP contribution is -2.10. The van der Waals surface area contributed by atoms with Crippen molar-refractivity contribution in [2.24, 2.45) is 0 Å². The van der Waals surface area contributed by atoms with Crippen molar-refractivity contribution in [3.63, 3.8) is 0 Å². The minimum absolute atomic E-state index is 0.150. The zero-order chi connectivity index (χ0) is 19.1. The van der Waals surface area contributed by atoms with Gasteiger partial charge < -0.3 is 5.32 Å². The van der Waals surface area contributed by atoms with Crippen LogP contribution in [0.25, 0.3) is 21.8 Å². The van der Waals surface area contributed by atoms with Crippen LogP contribution < -0.4 is 11.1 Å². The fraction of sp³-hybridized carbons (Fsp3) is 0.0952. The Morgan fingerprint density at radius 1 is 1.07 bits per heavy atom. The molecule has 2 aromatic carbocycles. The van der Waals surface area contributed by atoms with Gasteiger partial charge in [0.2, 0.25) is 0 Å². The van der Waals surface area contributed by atoms with Gasteiger partial charge in [0.25, 0.3) is 5.91 Å². The monoisotopic (exact) mass is 389 g/mol. The average molecular weight is 389 g/mol. The second-order valence-corrected chi connectivity index (χ2v) is 7.65. The van der Waals surface area contributed by atoms with Crippen molar-refractivity contribution >= 4 is 22.9 Å². The highest BCUT2D eigenvalue weighted by atomic mass is 32.1. The fourth-order valence-corrected chi connectivity index (χ4v) is 4.64. The third kappa shape index (κ3) is 2.95. The smallest absolute Gasteiger partial charge is 0.321 e. The van der Waals surface area contributed by atoms with Crippen molar-refractivity contribution in [3.8, 4) is 21.8 Å². The molecule has 5 rings (SSSR count). The van der Waals surface area contributed by atoms with Gasteiger partial charge in [-0.15, -0.1) is 11.3 Å². The normalized spacial score (nSPS) is 12.3. The third-order valence-electron chi connectivity index (χ3n) is 4.79. The number of nitrogens with one attached hydrogen (secondary N) is 2. The molecule has 0 spiro atoms. The van der Waals surface area contributed by atoms with Gasteiger partial charge in [-0.05, 0) is 47.7 Å². The van der Waals surface area contributed by atoms with Gasteiger partial charge in [-0.2, -0.15) is 0 Å². The first-order chi connectivity index (χ1) is 13.7. The van der Waals surface area contributed by atoms with Crippen LogP contribution in [0.4, 0.5) is 5.69 Å². The van der Waals surface area contributed by atoms with E-state index in [0.29, 0.717) is 22.0 Å². The Bertz CT molecular complexity index is 1250. The highest BCUT2D eigenvalue weighted by Gasteiger charge is 2.21. The summed E-state index contributed by atoms with van der Waals surface area (Å²) in [5, 5.41) is 6.61. The number of aromatic amines is 1. The Labute approximate surface area is 163 Å². The number of carbonyl (C=O) groups is 1. The number of aryl methyl sites for hydroxylation is 2. The predicted molar refractivity (Wildman–Crippen MR) is 108 cm³/mol. The molecule has 0 aliphatic heterocycles. The molecule has 0 atom stereocenters. The first kappa shape index (κ1) is 16.7. The second-order valence-electron chi connectivity index (χ2n) is 6.60. The van der Waals surface area contributed by atoms with Crippen molar-refractivity contribution < 1.29 is 9.32 Å². The number of amides is 1. The van der Waals surface area contributed by atoms with E-state index in [1.807, 2.05) is 12.1 Å². The molecule has 28 heavy (non-hydrogen) atoms. The minimum Gasteiger partial charge on any atom is -0.321 e. The summed E-state index contributed by atoms with van der Waals surface area (Å²) in [6.07, 6.45) is 1.95. The molecule has 1 amide bonds. The average Bonchev–Trinajstić information content (AvgIpc) is 3.35. The number of benzene rings is 2. The number of H-pyrrole nitrogens is 1. The lowest BCUT2D eigenvalue weighted by molar-refractivity contribution is 0.103. The van der Waals surface area contributed by atoms with Crippen LogP contribution in [0.2, 0.25) is 0 Å². The Kier molecular flexibility index (Phi) is 3.95. The topological polar surface area (TPSA) is 88.0 Å². The SMILES string of the molecule is O=C(Nc1cccc(-c2noc(=O)[nH]2)c1)c1cc2c(s1)-c1ccccc1CC2. The number of hydrogen-bond acceptors (Lipinski definition) is 5. The zero-order valence-electron chi connectivity index (χ0n) is 14.7. The largest absolute Gasteiger partial charge is 0.439 e. The van der Waals surface area contributed by atoms with E-state index in [4.69, 9.17) is 0 Å². The Morgan fingerprint density at radius 2 is 1.93 bits per heavy atom. The van der Waals surface area contributed by atoms with Gasteiger partial charge in [0.1, 0.15) is 0 Å². The summed E-state index contributed by atoms with van der Waals surface area (Å²) in [4.78, 5) is 28.3. The molecule has 6 nitrogen and oxygen atoms in total. The molecule has 2 aromatic heterocycles. The first-order valence-electron chi connectivity index (χ1n) is 8.86. The van der Waals surface area contributed by atoms with Crippen LogP contribution in [0.15, 0.2) is 63.9 Å². The van der Waals surface area contributed by atoms with Crippen LogP contribution in [-0.2, 0) is 12.8 Å². The van der Waals surface area contributed by atoms with Crippen molar-refractivity contribution in [2.45, 2.75) is 12.8 Å². The lowest BCUT2D eigenvalue weighted by atomic mass is 9.91. The Morgan fingerprint density at radius 3 is 2.79 bits per heavy atom. The van der Waals surface area contributed by atoms with Gasteiger partial charge in [-0.1, -0.05) is 41.6 Å². The molecule has 0 fully saturated rings. The van der Waals surface area contributed by atoms with Crippen LogP contribution in [0.1, 0.15) is 20.8 Å². The number of carbonyl (C=O) groups excluding carboxylic acids is 1. The second kappa shape index (κ2) is 6.61. The molecule has 0 radical (unpaired) electrons. The molecular weight excluding hydrogens is 374 g/mol. The Balaban J connectivity index is 1.42. The van der Waals surface area contributed by atoms with Crippen molar-refractivity contribution in [2.75, 3.05) is 5.32 Å². The molecule has 0 unspecified atom stereocenters. The van der Waals surface area contributed by atoms with Crippen LogP contribution in [0.5, 0.6) is 0 Å². The quantitative estimate of drug-likeness (QED) is 0.552. The van der Waals surface area contributed by atoms with E-state index in [9.17, 15) is 9.59 Å². The van der Waals surface area contributed by atoms with E-state index >= 15 is 0 Å². The summed E-state index contributed by atoms with van der Waals surface area (Å²) < 4.78 is 4.54. The molecule has 2 N–H and O–H groups in total. The lowest BCUT2D eigenvalue weighted by Gasteiger charge is -2.15. The molecule has 138 valence electrons. The van der Waals surface area contributed by atoms with E-state index in [1.54, 1.807) is 24.3 Å². The van der Waals surface area contributed by atoms with Crippen LogP contribution in [-0.4, -0.2) is 16.0 Å². The van der Waals surface area contributed by atoms with Crippen LogP contribution >= 0.6 is 11.3 Å². The number of aromatic nitrogens is 2. The maximum atomic E-state index is 12.8. The zero-order valence-corrected chi connectivity index (χ0v) is 15.5. The summed E-state index contributed by atoms with van der Waals surface area (Å²) in [5.74, 6) is -0.444. The summed E-state index contributed by atoms with van der Waals surface area (Å²) in [6, 6.07) is 17.5. The number of nitrogens with zero attached hydrogens (tertiary/aromatic N) is 1. The maximum absolute atomic E-state index is 12.8. The van der Waals surface area contributed by atoms with Gasteiger partial charge in [-0.3, -0.25) is 14.3 Å². The molecule has 4 aromatic rings. The van der Waals surface area contributed by atoms with Gasteiger partial charge in [-0.25, -0.2) is 4.79 Å². The maximum Gasteiger partial charge on any atom is 0.439 e. The highest BCUT2D eigenvalue weighted by Crippen LogP contribution is 2.39. The molecule has 1 aliphatic rings. The summed E-state index contributed by atoms with van der Waals surface area (Å²) in [5.41, 5.74) is 5.06. The van der Waals surface area contributed by atoms with E-state index in [-0.39, 0.29) is 5.91 Å². The van der Waals surface area contributed by atoms with E-state index < -0.39 is 5.76 Å². The molecule has 0 bridgehead atoms. The number of thiophene rings is 1. The summed E-state index contributed by atoms with van der Waals surface area (Å²) in [7, 11) is 0. The molecule has 2 heterocycles. The van der Waals surface area contributed by atoms with Gasteiger partial charge in [0.15, 0.2) is 5.82 Å².